The molecular weight excluding hydrogens is 264 g/mol. The Bertz CT molecular complexity index is 280. The first-order valence-corrected chi connectivity index (χ1v) is 8.75. The Kier molecular flexibility index (Phi) is 7.66. The van der Waals surface area contributed by atoms with Gasteiger partial charge in [0.25, 0.3) is 0 Å². The van der Waals surface area contributed by atoms with Crippen molar-refractivity contribution in [3.05, 3.63) is 0 Å². The second-order valence-electron chi connectivity index (χ2n) is 8.14. The van der Waals surface area contributed by atoms with Gasteiger partial charge in [0.15, 0.2) is 0 Å². The summed E-state index contributed by atoms with van der Waals surface area (Å²) in [4.78, 5) is 0. The molecule has 1 aliphatic rings. The topological polar surface area (TPSA) is 60.7 Å². The number of aliphatic hydroxyl groups excluding tert-OH is 3. The fourth-order valence-electron chi connectivity index (χ4n) is 3.35. The Morgan fingerprint density at radius 2 is 1.48 bits per heavy atom. The highest BCUT2D eigenvalue weighted by Gasteiger charge is 2.27. The van der Waals surface area contributed by atoms with Gasteiger partial charge in [0.05, 0.1) is 18.3 Å². The van der Waals surface area contributed by atoms with E-state index in [1.165, 1.54) is 25.7 Å². The summed E-state index contributed by atoms with van der Waals surface area (Å²) in [6, 6.07) is 0. The van der Waals surface area contributed by atoms with Crippen molar-refractivity contribution in [3.8, 4) is 0 Å². The summed E-state index contributed by atoms with van der Waals surface area (Å²) in [5, 5.41) is 29.4. The zero-order valence-electron chi connectivity index (χ0n) is 14.4. The third-order valence-electron chi connectivity index (χ3n) is 5.40. The molecule has 3 heteroatoms. The largest absolute Gasteiger partial charge is 0.393 e. The van der Waals surface area contributed by atoms with Crippen LogP contribution in [0.3, 0.4) is 0 Å². The molecule has 0 aromatic rings. The van der Waals surface area contributed by atoms with E-state index < -0.39 is 12.2 Å². The predicted molar refractivity (Wildman–Crippen MR) is 87.1 cm³/mol. The Labute approximate surface area is 130 Å². The Morgan fingerprint density at radius 1 is 0.952 bits per heavy atom. The van der Waals surface area contributed by atoms with Gasteiger partial charge in [-0.15, -0.1) is 0 Å². The molecule has 0 aliphatic heterocycles. The number of hydrogen-bond donors (Lipinski definition) is 3. The van der Waals surface area contributed by atoms with Crippen LogP contribution in [-0.2, 0) is 0 Å². The SMILES string of the molecule is CC1CCC(C(O)CCC(C)(C)CCC(O)C(C)O)CC1. The maximum atomic E-state index is 10.4. The highest BCUT2D eigenvalue weighted by molar-refractivity contribution is 4.79. The van der Waals surface area contributed by atoms with Crippen LogP contribution in [0.25, 0.3) is 0 Å². The lowest BCUT2D eigenvalue weighted by Crippen LogP contribution is -2.28. The van der Waals surface area contributed by atoms with Gasteiger partial charge in [-0.3, -0.25) is 0 Å². The molecule has 1 aliphatic carbocycles. The molecule has 0 aromatic heterocycles. The number of rotatable bonds is 8. The molecule has 1 saturated carbocycles. The summed E-state index contributed by atoms with van der Waals surface area (Å²) >= 11 is 0. The van der Waals surface area contributed by atoms with E-state index in [1.54, 1.807) is 6.92 Å². The lowest BCUT2D eigenvalue weighted by molar-refractivity contribution is 0.0154. The van der Waals surface area contributed by atoms with Gasteiger partial charge >= 0.3 is 0 Å². The molecule has 0 spiro atoms. The van der Waals surface area contributed by atoms with E-state index >= 15 is 0 Å². The van der Waals surface area contributed by atoms with Crippen LogP contribution >= 0.6 is 0 Å². The molecule has 3 atom stereocenters. The van der Waals surface area contributed by atoms with Crippen molar-refractivity contribution < 1.29 is 15.3 Å². The molecule has 1 rings (SSSR count). The van der Waals surface area contributed by atoms with Crippen LogP contribution in [0.4, 0.5) is 0 Å². The summed E-state index contributed by atoms with van der Waals surface area (Å²) in [5.74, 6) is 1.31. The molecule has 1 fully saturated rings. The summed E-state index contributed by atoms with van der Waals surface area (Å²) < 4.78 is 0. The quantitative estimate of drug-likeness (QED) is 0.643. The molecule has 0 bridgehead atoms. The van der Waals surface area contributed by atoms with Gasteiger partial charge in [-0.2, -0.15) is 0 Å². The lowest BCUT2D eigenvalue weighted by atomic mass is 9.76. The normalized spacial score (nSPS) is 28.1. The van der Waals surface area contributed by atoms with Gasteiger partial charge in [0.2, 0.25) is 0 Å². The number of aliphatic hydroxyl groups is 3. The molecule has 0 amide bonds. The monoisotopic (exact) mass is 300 g/mol. The van der Waals surface area contributed by atoms with Crippen LogP contribution in [0.2, 0.25) is 0 Å². The molecule has 3 unspecified atom stereocenters. The second-order valence-corrected chi connectivity index (χ2v) is 8.14. The summed E-state index contributed by atoms with van der Waals surface area (Å²) in [7, 11) is 0. The zero-order valence-corrected chi connectivity index (χ0v) is 14.4. The van der Waals surface area contributed by atoms with Gasteiger partial charge in [-0.25, -0.2) is 0 Å². The van der Waals surface area contributed by atoms with Crippen molar-refractivity contribution in [1.82, 2.24) is 0 Å². The average Bonchev–Trinajstić information content (AvgIpc) is 2.43. The smallest absolute Gasteiger partial charge is 0.0796 e. The van der Waals surface area contributed by atoms with E-state index in [4.69, 9.17) is 0 Å². The van der Waals surface area contributed by atoms with Crippen LogP contribution in [0.5, 0.6) is 0 Å². The van der Waals surface area contributed by atoms with Crippen LogP contribution < -0.4 is 0 Å². The van der Waals surface area contributed by atoms with Gasteiger partial charge in [-0.05, 0) is 62.7 Å². The molecule has 0 saturated heterocycles. The van der Waals surface area contributed by atoms with Crippen molar-refractivity contribution in [2.24, 2.45) is 17.3 Å². The van der Waals surface area contributed by atoms with Gasteiger partial charge in [-0.1, -0.05) is 33.6 Å². The minimum Gasteiger partial charge on any atom is -0.393 e. The molecule has 0 heterocycles. The Hall–Kier alpha value is -0.120. The van der Waals surface area contributed by atoms with E-state index in [9.17, 15) is 15.3 Å². The first kappa shape index (κ1) is 18.9. The Balaban J connectivity index is 2.28. The van der Waals surface area contributed by atoms with E-state index in [1.807, 2.05) is 0 Å². The van der Waals surface area contributed by atoms with Crippen molar-refractivity contribution in [2.45, 2.75) is 97.4 Å². The van der Waals surface area contributed by atoms with Crippen molar-refractivity contribution in [2.75, 3.05) is 0 Å². The second kappa shape index (κ2) is 8.50. The van der Waals surface area contributed by atoms with Crippen molar-refractivity contribution in [1.29, 1.82) is 0 Å². The molecule has 126 valence electrons. The van der Waals surface area contributed by atoms with Gasteiger partial charge < -0.3 is 15.3 Å². The van der Waals surface area contributed by atoms with E-state index in [-0.39, 0.29) is 11.5 Å². The highest BCUT2D eigenvalue weighted by atomic mass is 16.3. The van der Waals surface area contributed by atoms with E-state index in [0.717, 1.165) is 25.2 Å². The molecule has 21 heavy (non-hydrogen) atoms. The van der Waals surface area contributed by atoms with Crippen LogP contribution in [-0.4, -0.2) is 33.6 Å². The summed E-state index contributed by atoms with van der Waals surface area (Å²) in [5.41, 5.74) is 0.110. The lowest BCUT2D eigenvalue weighted by Gasteiger charge is -2.32. The van der Waals surface area contributed by atoms with E-state index in [0.29, 0.717) is 12.3 Å². The molecule has 3 nitrogen and oxygen atoms in total. The first-order valence-electron chi connectivity index (χ1n) is 8.75. The molecular formula is C18H36O3. The average molecular weight is 300 g/mol. The predicted octanol–water partition coefficient (Wildman–Crippen LogP) is 3.50. The summed E-state index contributed by atoms with van der Waals surface area (Å²) in [6.45, 7) is 8.32. The van der Waals surface area contributed by atoms with E-state index in [2.05, 4.69) is 20.8 Å². The fourth-order valence-corrected chi connectivity index (χ4v) is 3.35. The summed E-state index contributed by atoms with van der Waals surface area (Å²) in [6.07, 6.45) is 6.74. The molecule has 0 aromatic carbocycles. The van der Waals surface area contributed by atoms with Gasteiger partial charge in [0, 0.05) is 0 Å². The van der Waals surface area contributed by atoms with Crippen LogP contribution in [0.1, 0.15) is 79.1 Å². The minimum absolute atomic E-state index is 0.110. The number of hydrogen-bond acceptors (Lipinski definition) is 3. The minimum atomic E-state index is -0.657. The Morgan fingerprint density at radius 3 is 2.00 bits per heavy atom. The first-order chi connectivity index (χ1) is 9.71. The third kappa shape index (κ3) is 7.12. The van der Waals surface area contributed by atoms with Crippen molar-refractivity contribution >= 4 is 0 Å². The van der Waals surface area contributed by atoms with Crippen LogP contribution in [0, 0.1) is 17.3 Å². The fraction of sp³-hybridized carbons (Fsp3) is 1.00. The highest BCUT2D eigenvalue weighted by Crippen LogP contribution is 2.35. The standard InChI is InChI=1S/C18H36O3/c1-13-5-7-15(8-6-13)17(21)10-12-18(3,4)11-9-16(20)14(2)19/h13-17,19-21H,5-12H2,1-4H3. The molecule has 0 radical (unpaired) electrons. The molecule has 3 N–H and O–H groups in total. The third-order valence-corrected chi connectivity index (χ3v) is 5.40. The van der Waals surface area contributed by atoms with Gasteiger partial charge in [0.1, 0.15) is 0 Å². The maximum Gasteiger partial charge on any atom is 0.0796 e. The van der Waals surface area contributed by atoms with Crippen LogP contribution in [0.15, 0.2) is 0 Å². The van der Waals surface area contributed by atoms with Crippen molar-refractivity contribution in [3.63, 3.8) is 0 Å². The zero-order chi connectivity index (χ0) is 16.0. The maximum absolute atomic E-state index is 10.4.